The molecule has 0 N–H and O–H groups in total. The van der Waals surface area contributed by atoms with Crippen LogP contribution >= 0.6 is 7.26 Å². The summed E-state index contributed by atoms with van der Waals surface area (Å²) >= 11 is 0. The summed E-state index contributed by atoms with van der Waals surface area (Å²) in [7, 11) is -0.317. The number of methoxy groups -OCH3 is 1. The molecule has 2 atom stereocenters. The molecule has 0 bridgehead atoms. The van der Waals surface area contributed by atoms with Gasteiger partial charge in [-0.25, -0.2) is 0 Å². The Morgan fingerprint density at radius 1 is 0.625 bits per heavy atom. The topological polar surface area (TPSA) is 18.5 Å². The third-order valence-corrected chi connectivity index (χ3v) is 11.0. The zero-order valence-electron chi connectivity index (χ0n) is 18.3. The molecule has 4 aromatic rings. The van der Waals surface area contributed by atoms with Gasteiger partial charge >= 0.3 is 0 Å². The Hall–Kier alpha value is -2.93. The fourth-order valence-electron chi connectivity index (χ4n) is 4.90. The average molecular weight is 440 g/mol. The summed E-state index contributed by atoms with van der Waals surface area (Å²) in [5.41, 5.74) is 1.22. The lowest BCUT2D eigenvalue weighted by Gasteiger charge is -2.32. The van der Waals surface area contributed by atoms with Crippen LogP contribution in [0.25, 0.3) is 0 Å². The highest BCUT2D eigenvalue weighted by atomic mass is 31.2. The second-order valence-electron chi connectivity index (χ2n) is 8.16. The number of benzene rings is 4. The van der Waals surface area contributed by atoms with Gasteiger partial charge in [-0.2, -0.15) is 0 Å². The maximum absolute atomic E-state index is 6.96. The Labute approximate surface area is 191 Å². The van der Waals surface area contributed by atoms with Gasteiger partial charge < -0.3 is 9.47 Å². The fourth-order valence-corrected chi connectivity index (χ4v) is 9.59. The third-order valence-electron chi connectivity index (χ3n) is 6.41. The van der Waals surface area contributed by atoms with Crippen LogP contribution in [0.15, 0.2) is 115 Å². The first-order valence-electron chi connectivity index (χ1n) is 11.2. The Morgan fingerprint density at radius 2 is 1.09 bits per heavy atom. The van der Waals surface area contributed by atoms with E-state index in [0.717, 1.165) is 18.6 Å². The molecule has 0 amide bonds. The number of ether oxygens (including phenoxy) is 2. The first-order chi connectivity index (χ1) is 15.8. The van der Waals surface area contributed by atoms with Gasteiger partial charge in [-0.3, -0.25) is 0 Å². The minimum Gasteiger partial charge on any atom is -0.497 e. The minimum absolute atomic E-state index is 0.0985. The van der Waals surface area contributed by atoms with E-state index in [1.54, 1.807) is 7.11 Å². The van der Waals surface area contributed by atoms with Crippen molar-refractivity contribution in [3.63, 3.8) is 0 Å². The molecule has 0 aliphatic carbocycles. The van der Waals surface area contributed by atoms with Gasteiger partial charge in [-0.1, -0.05) is 66.7 Å². The SMILES string of the molecule is COc1ccc([C@H]2CCC([P+](c3ccccc3)(c3ccccc3)c3ccccc3)O2)cc1. The molecule has 0 saturated carbocycles. The van der Waals surface area contributed by atoms with E-state index in [4.69, 9.17) is 9.47 Å². The van der Waals surface area contributed by atoms with Gasteiger partial charge in [-0.05, 0) is 60.5 Å². The van der Waals surface area contributed by atoms with Crippen LogP contribution in [0.3, 0.4) is 0 Å². The molecule has 2 nitrogen and oxygen atoms in total. The molecular weight excluding hydrogens is 411 g/mol. The maximum Gasteiger partial charge on any atom is 0.182 e. The predicted octanol–water partition coefficient (Wildman–Crippen LogP) is 5.87. The standard InChI is InChI=1S/C29H28O2P/c1-30-24-19-17-23(18-20-24)28-21-22-29(31-28)32(25-11-5-2-6-12-25,26-13-7-3-8-14-26)27-15-9-4-10-16-27/h2-20,28-29H,21-22H2,1H3/q+1/t28-,29?/m1/s1. The quantitative estimate of drug-likeness (QED) is 0.350. The van der Waals surface area contributed by atoms with Gasteiger partial charge in [0.05, 0.1) is 13.2 Å². The molecule has 1 heterocycles. The summed E-state index contributed by atoms with van der Waals surface area (Å²) in [5.74, 6) is 1.00. The van der Waals surface area contributed by atoms with Crippen molar-refractivity contribution >= 4 is 23.2 Å². The lowest BCUT2D eigenvalue weighted by atomic mass is 10.1. The molecule has 160 valence electrons. The summed E-state index contributed by atoms with van der Waals surface area (Å²) in [6, 6.07) is 41.3. The molecule has 5 rings (SSSR count). The number of hydrogen-bond acceptors (Lipinski definition) is 2. The summed E-state index contributed by atoms with van der Waals surface area (Å²) in [6.07, 6.45) is 2.15. The molecular formula is C29H28O2P+. The maximum atomic E-state index is 6.96. The summed E-state index contributed by atoms with van der Waals surface area (Å²) < 4.78 is 12.3. The van der Waals surface area contributed by atoms with E-state index in [1.807, 2.05) is 12.1 Å². The molecule has 1 aliphatic heterocycles. The molecule has 1 fully saturated rings. The Kier molecular flexibility index (Phi) is 6.08. The monoisotopic (exact) mass is 439 g/mol. The molecule has 3 heteroatoms. The fraction of sp³-hybridized carbons (Fsp3) is 0.172. The highest BCUT2D eigenvalue weighted by Crippen LogP contribution is 2.64. The van der Waals surface area contributed by atoms with Crippen LogP contribution in [0, 0.1) is 0 Å². The van der Waals surface area contributed by atoms with E-state index in [0.29, 0.717) is 0 Å². The van der Waals surface area contributed by atoms with Gasteiger partial charge in [-0.15, -0.1) is 0 Å². The van der Waals surface area contributed by atoms with Gasteiger partial charge in [0.25, 0.3) is 0 Å². The molecule has 1 aliphatic rings. The van der Waals surface area contributed by atoms with Gasteiger partial charge in [0.2, 0.25) is 0 Å². The Bertz CT molecular complexity index is 1030. The van der Waals surface area contributed by atoms with Crippen LogP contribution in [0.1, 0.15) is 24.5 Å². The van der Waals surface area contributed by atoms with Gasteiger partial charge in [0.15, 0.2) is 5.85 Å². The highest BCUT2D eigenvalue weighted by molar-refractivity contribution is 7.96. The lowest BCUT2D eigenvalue weighted by molar-refractivity contribution is 0.0895. The van der Waals surface area contributed by atoms with Crippen LogP contribution in [0.5, 0.6) is 5.75 Å². The normalized spacial score (nSPS) is 18.4. The van der Waals surface area contributed by atoms with Crippen molar-refractivity contribution in [1.82, 2.24) is 0 Å². The van der Waals surface area contributed by atoms with Crippen LogP contribution in [-0.4, -0.2) is 13.0 Å². The summed E-state index contributed by atoms with van der Waals surface area (Å²) in [5, 5.41) is 4.12. The van der Waals surface area contributed by atoms with Crippen LogP contribution in [-0.2, 0) is 4.74 Å². The van der Waals surface area contributed by atoms with Crippen molar-refractivity contribution in [2.45, 2.75) is 24.8 Å². The lowest BCUT2D eigenvalue weighted by Crippen LogP contribution is -2.38. The summed E-state index contributed by atoms with van der Waals surface area (Å²) in [4.78, 5) is 0. The van der Waals surface area contributed by atoms with Gasteiger partial charge in [0, 0.05) is 6.42 Å². The molecule has 32 heavy (non-hydrogen) atoms. The van der Waals surface area contributed by atoms with Crippen molar-refractivity contribution in [3.8, 4) is 5.75 Å². The van der Waals surface area contributed by atoms with Crippen LogP contribution < -0.4 is 20.7 Å². The van der Waals surface area contributed by atoms with Crippen molar-refractivity contribution in [1.29, 1.82) is 0 Å². The third kappa shape index (κ3) is 3.75. The minimum atomic E-state index is -2.02. The molecule has 1 saturated heterocycles. The Morgan fingerprint density at radius 3 is 1.53 bits per heavy atom. The first kappa shape index (κ1) is 20.9. The first-order valence-corrected chi connectivity index (χ1v) is 13.0. The van der Waals surface area contributed by atoms with E-state index in [1.165, 1.54) is 21.5 Å². The zero-order chi connectivity index (χ0) is 21.8. The van der Waals surface area contributed by atoms with E-state index >= 15 is 0 Å². The number of rotatable bonds is 6. The summed E-state index contributed by atoms with van der Waals surface area (Å²) in [6.45, 7) is 0. The second kappa shape index (κ2) is 9.28. The van der Waals surface area contributed by atoms with E-state index in [-0.39, 0.29) is 11.9 Å². The van der Waals surface area contributed by atoms with Crippen molar-refractivity contribution in [2.24, 2.45) is 0 Å². The van der Waals surface area contributed by atoms with Crippen LogP contribution in [0.2, 0.25) is 0 Å². The highest BCUT2D eigenvalue weighted by Gasteiger charge is 2.55. The van der Waals surface area contributed by atoms with Crippen molar-refractivity contribution in [2.75, 3.05) is 7.11 Å². The van der Waals surface area contributed by atoms with E-state index < -0.39 is 7.26 Å². The second-order valence-corrected chi connectivity index (χ2v) is 11.7. The van der Waals surface area contributed by atoms with Gasteiger partial charge in [0.1, 0.15) is 28.9 Å². The molecule has 1 unspecified atom stereocenters. The molecule has 4 aromatic carbocycles. The smallest absolute Gasteiger partial charge is 0.182 e. The van der Waals surface area contributed by atoms with E-state index in [9.17, 15) is 0 Å². The predicted molar refractivity (Wildman–Crippen MR) is 135 cm³/mol. The van der Waals surface area contributed by atoms with Crippen LogP contribution in [0.4, 0.5) is 0 Å². The van der Waals surface area contributed by atoms with Crippen molar-refractivity contribution in [3.05, 3.63) is 121 Å². The van der Waals surface area contributed by atoms with E-state index in [2.05, 4.69) is 103 Å². The molecule has 0 radical (unpaired) electrons. The average Bonchev–Trinajstić information content (AvgIpc) is 3.37. The molecule has 0 aromatic heterocycles. The van der Waals surface area contributed by atoms with Crippen molar-refractivity contribution < 1.29 is 9.47 Å². The molecule has 0 spiro atoms. The zero-order valence-corrected chi connectivity index (χ0v) is 19.2. The largest absolute Gasteiger partial charge is 0.497 e. The number of hydrogen-bond donors (Lipinski definition) is 0. The Balaban J connectivity index is 1.63.